The van der Waals surface area contributed by atoms with Gasteiger partial charge in [-0.2, -0.15) is 0 Å². The van der Waals surface area contributed by atoms with Crippen LogP contribution in [0, 0.1) is 0 Å². The van der Waals surface area contributed by atoms with Crippen molar-refractivity contribution in [1.82, 2.24) is 15.0 Å². The predicted molar refractivity (Wildman–Crippen MR) is 186 cm³/mol. The number of furan rings is 1. The summed E-state index contributed by atoms with van der Waals surface area (Å²) in [5.41, 5.74) is 11.9. The molecule has 46 heavy (non-hydrogen) atoms. The summed E-state index contributed by atoms with van der Waals surface area (Å²) in [6.45, 7) is 4.61. The number of hydrogen-bond donors (Lipinski definition) is 0. The molecule has 0 aliphatic heterocycles. The molecule has 1 aliphatic rings. The highest BCUT2D eigenvalue weighted by Crippen LogP contribution is 2.52. The molecule has 6 aromatic carbocycles. The van der Waals surface area contributed by atoms with Crippen LogP contribution in [0.4, 0.5) is 0 Å². The molecule has 218 valence electrons. The van der Waals surface area contributed by atoms with Gasteiger partial charge in [-0.3, -0.25) is 0 Å². The Labute approximate surface area is 267 Å². The summed E-state index contributed by atoms with van der Waals surface area (Å²) < 4.78 is 6.84. The quantitative estimate of drug-likeness (QED) is 0.204. The first-order chi connectivity index (χ1) is 22.6. The van der Waals surface area contributed by atoms with Crippen LogP contribution in [0.3, 0.4) is 0 Å². The Balaban J connectivity index is 1.16. The summed E-state index contributed by atoms with van der Waals surface area (Å²) in [4.78, 5) is 14.6. The number of rotatable bonds is 4. The van der Waals surface area contributed by atoms with E-state index < -0.39 is 0 Å². The van der Waals surface area contributed by atoms with E-state index in [0.717, 1.165) is 49.8 Å². The Bertz CT molecular complexity index is 2370. The van der Waals surface area contributed by atoms with E-state index in [1.54, 1.807) is 0 Å². The second-order valence-corrected chi connectivity index (χ2v) is 12.4. The number of nitrogens with zero attached hydrogens (tertiary/aromatic N) is 3. The van der Waals surface area contributed by atoms with Gasteiger partial charge in [-0.15, -0.1) is 0 Å². The molecule has 0 radical (unpaired) electrons. The van der Waals surface area contributed by atoms with Crippen molar-refractivity contribution in [3.05, 3.63) is 151 Å². The molecule has 0 spiro atoms. The van der Waals surface area contributed by atoms with Gasteiger partial charge in [0.2, 0.25) is 0 Å². The third kappa shape index (κ3) is 4.04. The van der Waals surface area contributed by atoms with Crippen molar-refractivity contribution in [3.63, 3.8) is 0 Å². The second-order valence-electron chi connectivity index (χ2n) is 12.4. The molecule has 8 aromatic rings. The number of hydrogen-bond acceptors (Lipinski definition) is 4. The van der Waals surface area contributed by atoms with Crippen molar-refractivity contribution >= 4 is 21.9 Å². The molecular weight excluding hydrogens is 562 g/mol. The average Bonchev–Trinajstić information content (AvgIpc) is 3.61. The third-order valence-corrected chi connectivity index (χ3v) is 9.36. The summed E-state index contributed by atoms with van der Waals surface area (Å²) in [5, 5.41) is 2.27. The van der Waals surface area contributed by atoms with Gasteiger partial charge in [0.25, 0.3) is 0 Å². The maximum absolute atomic E-state index is 6.84. The molecule has 0 saturated heterocycles. The number of aromatic nitrogens is 3. The summed E-state index contributed by atoms with van der Waals surface area (Å²) in [7, 11) is 0. The van der Waals surface area contributed by atoms with E-state index in [1.807, 2.05) is 60.7 Å². The zero-order valence-corrected chi connectivity index (χ0v) is 25.5. The minimum absolute atomic E-state index is 0.0759. The fraction of sp³-hybridized carbons (Fsp3) is 0.0714. The molecule has 0 atom stereocenters. The normalized spacial score (nSPS) is 13.2. The number of benzene rings is 6. The fourth-order valence-electron chi connectivity index (χ4n) is 7.01. The first-order valence-corrected chi connectivity index (χ1v) is 15.6. The molecule has 0 unspecified atom stereocenters. The first kappa shape index (κ1) is 26.5. The fourth-order valence-corrected chi connectivity index (χ4v) is 7.01. The average molecular weight is 592 g/mol. The van der Waals surface area contributed by atoms with Crippen molar-refractivity contribution < 1.29 is 4.42 Å². The Morgan fingerprint density at radius 3 is 1.59 bits per heavy atom. The Morgan fingerprint density at radius 1 is 0.413 bits per heavy atom. The monoisotopic (exact) mass is 591 g/mol. The molecule has 4 heteroatoms. The number of para-hydroxylation sites is 1. The standard InChI is InChI=1S/C42H29N3O/c1-42(2)34-19-10-9-16-33(34)36-35(42)25-24-32-31-18-11-17-30(37(31)46-38(32)36)26-20-22-29(23-21-26)41-44-39(27-12-5-3-6-13-27)43-40(45-41)28-14-7-4-8-15-28/h3-25H,1-2H3. The van der Waals surface area contributed by atoms with E-state index >= 15 is 0 Å². The molecule has 1 aliphatic carbocycles. The highest BCUT2D eigenvalue weighted by atomic mass is 16.3. The van der Waals surface area contributed by atoms with Crippen molar-refractivity contribution in [3.8, 4) is 56.4 Å². The van der Waals surface area contributed by atoms with Crippen LogP contribution in [0.1, 0.15) is 25.0 Å². The van der Waals surface area contributed by atoms with Gasteiger partial charge < -0.3 is 4.42 Å². The van der Waals surface area contributed by atoms with Crippen LogP contribution in [0.5, 0.6) is 0 Å². The summed E-state index contributed by atoms with van der Waals surface area (Å²) in [5.74, 6) is 1.94. The van der Waals surface area contributed by atoms with Gasteiger partial charge in [-0.25, -0.2) is 15.0 Å². The highest BCUT2D eigenvalue weighted by Gasteiger charge is 2.37. The van der Waals surface area contributed by atoms with Gasteiger partial charge in [0.1, 0.15) is 11.2 Å². The lowest BCUT2D eigenvalue weighted by atomic mass is 9.82. The number of fused-ring (bicyclic) bond motifs is 7. The summed E-state index contributed by atoms with van der Waals surface area (Å²) in [6.07, 6.45) is 0. The highest BCUT2D eigenvalue weighted by molar-refractivity contribution is 6.14. The summed E-state index contributed by atoms with van der Waals surface area (Å²) >= 11 is 0. The van der Waals surface area contributed by atoms with Gasteiger partial charge in [-0.05, 0) is 22.3 Å². The van der Waals surface area contributed by atoms with Crippen molar-refractivity contribution in [2.75, 3.05) is 0 Å². The Morgan fingerprint density at radius 2 is 0.935 bits per heavy atom. The van der Waals surface area contributed by atoms with E-state index in [4.69, 9.17) is 19.4 Å². The second kappa shape index (κ2) is 10.1. The molecule has 2 aromatic heterocycles. The van der Waals surface area contributed by atoms with Crippen molar-refractivity contribution in [2.24, 2.45) is 0 Å². The van der Waals surface area contributed by atoms with Crippen LogP contribution in [0.25, 0.3) is 78.4 Å². The molecule has 0 fully saturated rings. The van der Waals surface area contributed by atoms with Gasteiger partial charge in [0, 0.05) is 44.0 Å². The van der Waals surface area contributed by atoms with Gasteiger partial charge >= 0.3 is 0 Å². The predicted octanol–water partition coefficient (Wildman–Crippen LogP) is 10.7. The van der Waals surface area contributed by atoms with Crippen molar-refractivity contribution in [1.29, 1.82) is 0 Å². The Kier molecular flexibility index (Phi) is 5.81. The molecule has 0 N–H and O–H groups in total. The SMILES string of the molecule is CC1(C)c2ccccc2-c2c1ccc1c2oc2c(-c3ccc(-c4nc(-c5ccccc5)nc(-c5ccccc5)n4)cc3)cccc21. The van der Waals surface area contributed by atoms with E-state index in [2.05, 4.69) is 92.7 Å². The van der Waals surface area contributed by atoms with E-state index in [9.17, 15) is 0 Å². The van der Waals surface area contributed by atoms with Gasteiger partial charge in [0.05, 0.1) is 0 Å². The van der Waals surface area contributed by atoms with Crippen LogP contribution in [0.2, 0.25) is 0 Å². The van der Waals surface area contributed by atoms with E-state index in [-0.39, 0.29) is 5.41 Å². The Hall–Kier alpha value is -5.87. The molecule has 0 saturated carbocycles. The lowest BCUT2D eigenvalue weighted by molar-refractivity contribution is 0.653. The first-order valence-electron chi connectivity index (χ1n) is 15.6. The molecule has 4 nitrogen and oxygen atoms in total. The van der Waals surface area contributed by atoms with Crippen LogP contribution in [0.15, 0.2) is 144 Å². The van der Waals surface area contributed by atoms with Gasteiger partial charge in [-0.1, -0.05) is 153 Å². The third-order valence-electron chi connectivity index (χ3n) is 9.36. The summed E-state index contributed by atoms with van der Waals surface area (Å²) in [6, 6.07) is 48.2. The molecular formula is C42H29N3O. The van der Waals surface area contributed by atoms with Crippen molar-refractivity contribution in [2.45, 2.75) is 19.3 Å². The zero-order chi connectivity index (χ0) is 30.8. The molecule has 9 rings (SSSR count). The van der Waals surface area contributed by atoms with Crippen LogP contribution >= 0.6 is 0 Å². The van der Waals surface area contributed by atoms with Crippen LogP contribution in [-0.4, -0.2) is 15.0 Å². The van der Waals surface area contributed by atoms with E-state index in [1.165, 1.54) is 22.3 Å². The lowest BCUT2D eigenvalue weighted by Gasteiger charge is -2.21. The maximum atomic E-state index is 6.84. The minimum Gasteiger partial charge on any atom is -0.455 e. The topological polar surface area (TPSA) is 51.8 Å². The smallest absolute Gasteiger partial charge is 0.164 e. The van der Waals surface area contributed by atoms with Gasteiger partial charge in [0.15, 0.2) is 17.5 Å². The van der Waals surface area contributed by atoms with Crippen LogP contribution in [-0.2, 0) is 5.41 Å². The molecule has 0 amide bonds. The van der Waals surface area contributed by atoms with Crippen LogP contribution < -0.4 is 0 Å². The minimum atomic E-state index is -0.0759. The maximum Gasteiger partial charge on any atom is 0.164 e. The molecule has 2 heterocycles. The largest absolute Gasteiger partial charge is 0.455 e. The lowest BCUT2D eigenvalue weighted by Crippen LogP contribution is -2.14. The van der Waals surface area contributed by atoms with E-state index in [0.29, 0.717) is 17.5 Å². The molecule has 0 bridgehead atoms. The zero-order valence-electron chi connectivity index (χ0n) is 25.5.